The van der Waals surface area contributed by atoms with E-state index in [1.807, 2.05) is 0 Å². The second kappa shape index (κ2) is 7.37. The average Bonchev–Trinajstić information content (AvgIpc) is 2.13. The van der Waals surface area contributed by atoms with Gasteiger partial charge in [0.05, 0.1) is 0 Å². The van der Waals surface area contributed by atoms with Gasteiger partial charge >= 0.3 is 0 Å². The molecule has 0 aliphatic carbocycles. The molecule has 0 bridgehead atoms. The van der Waals surface area contributed by atoms with Gasteiger partial charge < -0.3 is 5.73 Å². The Balaban J connectivity index is 3.82. The van der Waals surface area contributed by atoms with Crippen molar-refractivity contribution in [3.05, 3.63) is 0 Å². The molecule has 2 N–H and O–H groups in total. The first-order valence-electron chi connectivity index (χ1n) is 5.85. The van der Waals surface area contributed by atoms with Crippen LogP contribution in [0.15, 0.2) is 0 Å². The summed E-state index contributed by atoms with van der Waals surface area (Å²) in [6.45, 7) is 10.1. The predicted octanol–water partition coefficient (Wildman–Crippen LogP) is 3.43. The van der Waals surface area contributed by atoms with Crippen LogP contribution in [0, 0.1) is 17.8 Å². The smallest absolute Gasteiger partial charge is 0.00462 e. The second-order valence-electron chi connectivity index (χ2n) is 4.51. The fourth-order valence-electron chi connectivity index (χ4n) is 2.02. The van der Waals surface area contributed by atoms with Crippen molar-refractivity contribution in [1.82, 2.24) is 0 Å². The predicted molar refractivity (Wildman–Crippen MR) is 60.7 cm³/mol. The lowest BCUT2D eigenvalue weighted by molar-refractivity contribution is 0.283. The first kappa shape index (κ1) is 13.0. The fraction of sp³-hybridized carbons (Fsp3) is 1.00. The van der Waals surface area contributed by atoms with Crippen LogP contribution in [0.4, 0.5) is 0 Å². The van der Waals surface area contributed by atoms with E-state index in [4.69, 9.17) is 5.73 Å². The van der Waals surface area contributed by atoms with Crippen LogP contribution in [-0.2, 0) is 0 Å². The molecular formula is C12H27N. The van der Waals surface area contributed by atoms with Crippen LogP contribution in [0.3, 0.4) is 0 Å². The summed E-state index contributed by atoms with van der Waals surface area (Å²) in [7, 11) is 0. The van der Waals surface area contributed by atoms with Crippen LogP contribution in [0.25, 0.3) is 0 Å². The lowest BCUT2D eigenvalue weighted by Gasteiger charge is -2.24. The standard InChI is InChI=1S/C12H27N/c1-5-7-10(3)8-12(9-13)11(4)6-2/h10-12H,5-9,13H2,1-4H3. The van der Waals surface area contributed by atoms with E-state index in [0.29, 0.717) is 0 Å². The highest BCUT2D eigenvalue weighted by Crippen LogP contribution is 2.24. The van der Waals surface area contributed by atoms with Gasteiger partial charge in [0.1, 0.15) is 0 Å². The van der Waals surface area contributed by atoms with Gasteiger partial charge in [0, 0.05) is 0 Å². The van der Waals surface area contributed by atoms with Gasteiger partial charge in [-0.1, -0.05) is 47.0 Å². The third-order valence-corrected chi connectivity index (χ3v) is 3.24. The third-order valence-electron chi connectivity index (χ3n) is 3.24. The van der Waals surface area contributed by atoms with E-state index < -0.39 is 0 Å². The summed E-state index contributed by atoms with van der Waals surface area (Å²) < 4.78 is 0. The Morgan fingerprint density at radius 1 is 1.15 bits per heavy atom. The van der Waals surface area contributed by atoms with Crippen molar-refractivity contribution < 1.29 is 0 Å². The van der Waals surface area contributed by atoms with Gasteiger partial charge in [-0.2, -0.15) is 0 Å². The average molecular weight is 185 g/mol. The van der Waals surface area contributed by atoms with E-state index in [2.05, 4.69) is 27.7 Å². The molecule has 0 aromatic carbocycles. The van der Waals surface area contributed by atoms with Gasteiger partial charge in [-0.05, 0) is 30.7 Å². The first-order valence-corrected chi connectivity index (χ1v) is 5.85. The Morgan fingerprint density at radius 3 is 2.15 bits per heavy atom. The van der Waals surface area contributed by atoms with Crippen molar-refractivity contribution in [3.8, 4) is 0 Å². The van der Waals surface area contributed by atoms with Gasteiger partial charge in [0.25, 0.3) is 0 Å². The van der Waals surface area contributed by atoms with Gasteiger partial charge in [-0.25, -0.2) is 0 Å². The lowest BCUT2D eigenvalue weighted by Crippen LogP contribution is -2.23. The van der Waals surface area contributed by atoms with Crippen molar-refractivity contribution in [2.45, 2.75) is 53.4 Å². The van der Waals surface area contributed by atoms with Crippen molar-refractivity contribution >= 4 is 0 Å². The van der Waals surface area contributed by atoms with E-state index in [9.17, 15) is 0 Å². The molecule has 0 aromatic rings. The lowest BCUT2D eigenvalue weighted by atomic mass is 9.83. The summed E-state index contributed by atoms with van der Waals surface area (Å²) in [5, 5.41) is 0. The minimum Gasteiger partial charge on any atom is -0.330 e. The molecule has 3 atom stereocenters. The molecular weight excluding hydrogens is 158 g/mol. The highest BCUT2D eigenvalue weighted by atomic mass is 14.6. The summed E-state index contributed by atoms with van der Waals surface area (Å²) >= 11 is 0. The molecule has 0 aliphatic rings. The summed E-state index contributed by atoms with van der Waals surface area (Å²) in [4.78, 5) is 0. The molecule has 1 heteroatoms. The van der Waals surface area contributed by atoms with Gasteiger partial charge in [-0.3, -0.25) is 0 Å². The molecule has 0 radical (unpaired) electrons. The van der Waals surface area contributed by atoms with Crippen LogP contribution in [0.2, 0.25) is 0 Å². The quantitative estimate of drug-likeness (QED) is 0.646. The molecule has 0 saturated heterocycles. The van der Waals surface area contributed by atoms with Gasteiger partial charge in [-0.15, -0.1) is 0 Å². The fourth-order valence-corrected chi connectivity index (χ4v) is 2.02. The number of rotatable bonds is 7. The normalized spacial score (nSPS) is 18.2. The third kappa shape index (κ3) is 5.30. The van der Waals surface area contributed by atoms with E-state index >= 15 is 0 Å². The zero-order valence-corrected chi connectivity index (χ0v) is 9.84. The Morgan fingerprint density at radius 2 is 1.77 bits per heavy atom. The van der Waals surface area contributed by atoms with Gasteiger partial charge in [0.2, 0.25) is 0 Å². The van der Waals surface area contributed by atoms with Crippen molar-refractivity contribution in [1.29, 1.82) is 0 Å². The number of nitrogens with two attached hydrogens (primary N) is 1. The summed E-state index contributed by atoms with van der Waals surface area (Å²) in [6.07, 6.45) is 5.24. The van der Waals surface area contributed by atoms with Crippen molar-refractivity contribution in [3.63, 3.8) is 0 Å². The van der Waals surface area contributed by atoms with E-state index in [1.165, 1.54) is 25.7 Å². The number of hydrogen-bond donors (Lipinski definition) is 1. The minimum atomic E-state index is 0.742. The zero-order valence-electron chi connectivity index (χ0n) is 9.84. The Hall–Kier alpha value is -0.0400. The van der Waals surface area contributed by atoms with E-state index in [1.54, 1.807) is 0 Å². The molecule has 0 amide bonds. The maximum atomic E-state index is 5.79. The molecule has 0 aliphatic heterocycles. The SMILES string of the molecule is CCCC(C)CC(CN)C(C)CC. The van der Waals surface area contributed by atoms with Gasteiger partial charge in [0.15, 0.2) is 0 Å². The Labute approximate surface area is 84.1 Å². The van der Waals surface area contributed by atoms with Crippen molar-refractivity contribution in [2.24, 2.45) is 23.5 Å². The number of hydrogen-bond acceptors (Lipinski definition) is 1. The first-order chi connectivity index (χ1) is 6.15. The molecule has 0 spiro atoms. The summed E-state index contributed by atoms with van der Waals surface area (Å²) in [5.41, 5.74) is 5.79. The molecule has 13 heavy (non-hydrogen) atoms. The zero-order chi connectivity index (χ0) is 10.3. The maximum Gasteiger partial charge on any atom is -0.00462 e. The van der Waals surface area contributed by atoms with E-state index in [-0.39, 0.29) is 0 Å². The highest BCUT2D eigenvalue weighted by Gasteiger charge is 2.16. The summed E-state index contributed by atoms with van der Waals surface area (Å²) in [6, 6.07) is 0. The molecule has 0 aromatic heterocycles. The Kier molecular flexibility index (Phi) is 7.35. The Bertz CT molecular complexity index is 112. The molecule has 80 valence electrons. The van der Waals surface area contributed by atoms with Crippen LogP contribution in [0.5, 0.6) is 0 Å². The monoisotopic (exact) mass is 185 g/mol. The molecule has 0 fully saturated rings. The van der Waals surface area contributed by atoms with Crippen LogP contribution >= 0.6 is 0 Å². The van der Waals surface area contributed by atoms with E-state index in [0.717, 1.165) is 24.3 Å². The molecule has 3 unspecified atom stereocenters. The summed E-state index contributed by atoms with van der Waals surface area (Å²) in [5.74, 6) is 2.39. The topological polar surface area (TPSA) is 26.0 Å². The second-order valence-corrected chi connectivity index (χ2v) is 4.51. The molecule has 0 heterocycles. The molecule has 0 saturated carbocycles. The highest BCUT2D eigenvalue weighted by molar-refractivity contribution is 4.69. The molecule has 1 nitrogen and oxygen atoms in total. The van der Waals surface area contributed by atoms with Crippen molar-refractivity contribution in [2.75, 3.05) is 6.54 Å². The van der Waals surface area contributed by atoms with Crippen LogP contribution in [-0.4, -0.2) is 6.54 Å². The molecule has 0 rings (SSSR count). The van der Waals surface area contributed by atoms with Crippen LogP contribution < -0.4 is 5.73 Å². The van der Waals surface area contributed by atoms with Crippen LogP contribution in [0.1, 0.15) is 53.4 Å². The minimum absolute atomic E-state index is 0.742. The maximum absolute atomic E-state index is 5.79. The largest absolute Gasteiger partial charge is 0.330 e.